The molecule has 0 aliphatic carbocycles. The van der Waals surface area contributed by atoms with Crippen molar-refractivity contribution >= 4 is 23.1 Å². The number of amides is 1. The van der Waals surface area contributed by atoms with Crippen LogP contribution >= 0.6 is 0 Å². The van der Waals surface area contributed by atoms with E-state index in [1.54, 1.807) is 17.0 Å². The molecule has 33 heavy (non-hydrogen) atoms. The lowest BCUT2D eigenvalue weighted by molar-refractivity contribution is -0.140. The van der Waals surface area contributed by atoms with Gasteiger partial charge in [-0.25, -0.2) is 0 Å². The number of ketones is 1. The third kappa shape index (κ3) is 4.33. The summed E-state index contributed by atoms with van der Waals surface area (Å²) in [6.45, 7) is 8.26. The number of aliphatic hydroxyl groups excluding tert-OH is 1. The lowest BCUT2D eigenvalue weighted by atomic mass is 9.95. The Kier molecular flexibility index (Phi) is 6.70. The number of ether oxygens (including phenoxy) is 1. The third-order valence-corrected chi connectivity index (χ3v) is 6.53. The van der Waals surface area contributed by atoms with E-state index in [-0.39, 0.29) is 11.3 Å². The predicted molar refractivity (Wildman–Crippen MR) is 128 cm³/mol. The van der Waals surface area contributed by atoms with Crippen LogP contribution in [0.15, 0.2) is 54.1 Å². The number of anilines is 1. The van der Waals surface area contributed by atoms with E-state index in [9.17, 15) is 14.7 Å². The number of rotatable bonds is 7. The van der Waals surface area contributed by atoms with Crippen LogP contribution in [0.4, 0.5) is 5.69 Å². The average Bonchev–Trinajstić information content (AvgIpc) is 3.10. The molecule has 2 aromatic rings. The van der Waals surface area contributed by atoms with Gasteiger partial charge in [-0.1, -0.05) is 44.2 Å². The van der Waals surface area contributed by atoms with E-state index in [0.29, 0.717) is 25.3 Å². The summed E-state index contributed by atoms with van der Waals surface area (Å²) in [5.41, 5.74) is 2.27. The maximum absolute atomic E-state index is 13.2. The normalized spacial score (nSPS) is 19.7. The van der Waals surface area contributed by atoms with Crippen LogP contribution < -0.4 is 9.64 Å². The molecule has 1 amide bonds. The molecule has 7 heteroatoms. The Labute approximate surface area is 194 Å². The van der Waals surface area contributed by atoms with Crippen LogP contribution in [0.25, 0.3) is 5.76 Å². The number of hydrogen-bond donors (Lipinski definition) is 1. The molecule has 7 nitrogen and oxygen atoms in total. The number of fused-ring (bicyclic) bond motifs is 1. The quantitative estimate of drug-likeness (QED) is 0.397. The molecule has 174 valence electrons. The van der Waals surface area contributed by atoms with Gasteiger partial charge in [-0.15, -0.1) is 0 Å². The van der Waals surface area contributed by atoms with Crippen LogP contribution in [-0.4, -0.2) is 73.0 Å². The lowest BCUT2D eigenvalue weighted by Gasteiger charge is -2.29. The van der Waals surface area contributed by atoms with Gasteiger partial charge in [0, 0.05) is 25.7 Å². The van der Waals surface area contributed by atoms with Crippen LogP contribution in [0, 0.1) is 0 Å². The zero-order valence-corrected chi connectivity index (χ0v) is 19.5. The van der Waals surface area contributed by atoms with Crippen molar-refractivity contribution in [3.63, 3.8) is 0 Å². The number of hydrogen-bond acceptors (Lipinski definition) is 6. The van der Waals surface area contributed by atoms with Gasteiger partial charge < -0.3 is 24.5 Å². The summed E-state index contributed by atoms with van der Waals surface area (Å²) >= 11 is 0. The summed E-state index contributed by atoms with van der Waals surface area (Å²) in [4.78, 5) is 32.1. The second kappa shape index (κ2) is 9.67. The number of likely N-dealkylation sites (tertiary alicyclic amines) is 1. The number of carbonyl (C=O) groups is 2. The molecule has 0 bridgehead atoms. The van der Waals surface area contributed by atoms with Crippen LogP contribution in [0.3, 0.4) is 0 Å². The molecular formula is C26H31N3O4. The fraction of sp³-hybridized carbons (Fsp3) is 0.385. The van der Waals surface area contributed by atoms with Crippen molar-refractivity contribution in [2.75, 3.05) is 51.3 Å². The van der Waals surface area contributed by atoms with Crippen molar-refractivity contribution in [2.45, 2.75) is 19.9 Å². The van der Waals surface area contributed by atoms with E-state index in [4.69, 9.17) is 4.74 Å². The molecule has 2 aliphatic rings. The van der Waals surface area contributed by atoms with Gasteiger partial charge in [-0.3, -0.25) is 9.59 Å². The van der Waals surface area contributed by atoms with Crippen LogP contribution in [-0.2, 0) is 9.59 Å². The maximum Gasteiger partial charge on any atom is 0.295 e. The number of Topliss-reactive ketones (excluding diaryl/α,β-unsaturated/α-hetero) is 1. The third-order valence-electron chi connectivity index (χ3n) is 6.53. The van der Waals surface area contributed by atoms with Gasteiger partial charge in [0.25, 0.3) is 11.7 Å². The Morgan fingerprint density at radius 3 is 2.55 bits per heavy atom. The van der Waals surface area contributed by atoms with Crippen molar-refractivity contribution in [1.82, 2.24) is 9.80 Å². The van der Waals surface area contributed by atoms with E-state index >= 15 is 0 Å². The molecular weight excluding hydrogens is 418 g/mol. The topological polar surface area (TPSA) is 73.3 Å². The highest BCUT2D eigenvalue weighted by Gasteiger charge is 2.46. The van der Waals surface area contributed by atoms with E-state index < -0.39 is 17.7 Å². The van der Waals surface area contributed by atoms with E-state index in [1.165, 1.54) is 0 Å². The molecule has 1 atom stereocenters. The van der Waals surface area contributed by atoms with E-state index in [0.717, 1.165) is 36.6 Å². The van der Waals surface area contributed by atoms with E-state index in [1.807, 2.05) is 48.3 Å². The number of benzene rings is 2. The van der Waals surface area contributed by atoms with Gasteiger partial charge >= 0.3 is 0 Å². The molecule has 1 fully saturated rings. The first-order valence-electron chi connectivity index (χ1n) is 11.5. The Hall–Kier alpha value is -3.32. The molecule has 2 aromatic carbocycles. The summed E-state index contributed by atoms with van der Waals surface area (Å²) in [6, 6.07) is 14.2. The Bertz CT molecular complexity index is 1060. The first-order chi connectivity index (χ1) is 16.0. The van der Waals surface area contributed by atoms with Gasteiger partial charge in [0.1, 0.15) is 18.1 Å². The zero-order valence-electron chi connectivity index (χ0n) is 19.5. The standard InChI is InChI=1S/C26H31N3O4/c1-4-28(5-2)13-14-29-23(18-9-7-6-8-10-18)22(25(31)26(29)32)24(30)19-11-12-21-20(17-19)27(3)15-16-33-21/h6-12,17,23,30H,4-5,13-16H2,1-3H3/b24-22-. The minimum atomic E-state index is -0.650. The van der Waals surface area contributed by atoms with Crippen molar-refractivity contribution in [1.29, 1.82) is 0 Å². The fourth-order valence-corrected chi connectivity index (χ4v) is 4.54. The molecule has 2 aliphatic heterocycles. The predicted octanol–water partition coefficient (Wildman–Crippen LogP) is 3.28. The molecule has 0 spiro atoms. The molecule has 0 saturated carbocycles. The highest BCUT2D eigenvalue weighted by molar-refractivity contribution is 6.46. The first-order valence-corrected chi connectivity index (χ1v) is 11.5. The highest BCUT2D eigenvalue weighted by Crippen LogP contribution is 2.41. The Morgan fingerprint density at radius 1 is 1.12 bits per heavy atom. The zero-order chi connectivity index (χ0) is 23.5. The second-order valence-electron chi connectivity index (χ2n) is 8.38. The number of aliphatic hydroxyl groups is 1. The van der Waals surface area contributed by atoms with Gasteiger partial charge in [0.2, 0.25) is 0 Å². The molecule has 0 radical (unpaired) electrons. The minimum Gasteiger partial charge on any atom is -0.507 e. The fourth-order valence-electron chi connectivity index (χ4n) is 4.54. The summed E-state index contributed by atoms with van der Waals surface area (Å²) in [5.74, 6) is -0.645. The van der Waals surface area contributed by atoms with Crippen molar-refractivity contribution in [3.05, 3.63) is 65.2 Å². The van der Waals surface area contributed by atoms with Crippen LogP contribution in [0.5, 0.6) is 5.75 Å². The monoisotopic (exact) mass is 449 g/mol. The summed E-state index contributed by atoms with van der Waals surface area (Å²) in [6.07, 6.45) is 0. The summed E-state index contributed by atoms with van der Waals surface area (Å²) in [5, 5.41) is 11.3. The van der Waals surface area contributed by atoms with Crippen molar-refractivity contribution < 1.29 is 19.4 Å². The second-order valence-corrected chi connectivity index (χ2v) is 8.38. The molecule has 4 rings (SSSR count). The molecule has 0 aromatic heterocycles. The maximum atomic E-state index is 13.2. The number of carbonyl (C=O) groups excluding carboxylic acids is 2. The Morgan fingerprint density at radius 2 is 1.85 bits per heavy atom. The van der Waals surface area contributed by atoms with Crippen LogP contribution in [0.1, 0.15) is 31.0 Å². The minimum absolute atomic E-state index is 0.130. The summed E-state index contributed by atoms with van der Waals surface area (Å²) < 4.78 is 5.70. The average molecular weight is 450 g/mol. The van der Waals surface area contributed by atoms with Crippen molar-refractivity contribution in [3.8, 4) is 5.75 Å². The number of nitrogens with zero attached hydrogens (tertiary/aromatic N) is 3. The van der Waals surface area contributed by atoms with Crippen molar-refractivity contribution in [2.24, 2.45) is 0 Å². The van der Waals surface area contributed by atoms with Gasteiger partial charge in [0.15, 0.2) is 0 Å². The molecule has 1 unspecified atom stereocenters. The number of likely N-dealkylation sites (N-methyl/N-ethyl adjacent to an activating group) is 2. The molecule has 2 heterocycles. The SMILES string of the molecule is CCN(CC)CCN1C(=O)C(=O)/C(=C(\O)c2ccc3c(c2)N(C)CCO3)C1c1ccccc1. The Balaban J connectivity index is 1.78. The van der Waals surface area contributed by atoms with Gasteiger partial charge in [-0.05, 0) is 36.9 Å². The smallest absolute Gasteiger partial charge is 0.295 e. The lowest BCUT2D eigenvalue weighted by Crippen LogP contribution is -2.38. The van der Waals surface area contributed by atoms with Crippen LogP contribution in [0.2, 0.25) is 0 Å². The highest BCUT2D eigenvalue weighted by atomic mass is 16.5. The molecule has 1 N–H and O–H groups in total. The van der Waals surface area contributed by atoms with Gasteiger partial charge in [-0.2, -0.15) is 0 Å². The largest absolute Gasteiger partial charge is 0.507 e. The molecule has 1 saturated heterocycles. The summed E-state index contributed by atoms with van der Waals surface area (Å²) in [7, 11) is 1.96. The van der Waals surface area contributed by atoms with Gasteiger partial charge in [0.05, 0.1) is 23.8 Å². The first kappa shape index (κ1) is 22.9. The van der Waals surface area contributed by atoms with E-state index in [2.05, 4.69) is 18.7 Å².